The summed E-state index contributed by atoms with van der Waals surface area (Å²) < 4.78 is 0. The number of likely N-dealkylation sites (tertiary alicyclic amines) is 1. The normalized spacial score (nSPS) is 16.1. The topological polar surface area (TPSA) is 94.1 Å². The highest BCUT2D eigenvalue weighted by atomic mass is 35.5. The van der Waals surface area contributed by atoms with Gasteiger partial charge in [-0.1, -0.05) is 30.2 Å². The summed E-state index contributed by atoms with van der Waals surface area (Å²) >= 11 is 5.88. The number of hydrogen-bond donors (Lipinski definition) is 2. The minimum Gasteiger partial charge on any atom is -1.00 e. The van der Waals surface area contributed by atoms with E-state index in [2.05, 4.69) is 11.1 Å². The van der Waals surface area contributed by atoms with Crippen LogP contribution < -0.4 is 23.5 Å². The first-order chi connectivity index (χ1) is 12.5. The highest BCUT2D eigenvalue weighted by Gasteiger charge is 2.38. The van der Waals surface area contributed by atoms with Crippen molar-refractivity contribution in [2.45, 2.75) is 51.1 Å². The standard InChI is InChI=1S/C19H26ClN3O3.ClH/c20-15-7-5-14(6-8-15)13-23-16(9-10-17(23)24)18(25)19(26)22-12-4-2-1-3-11-21;/h5-8,16H,1-4,9-13,21H2,(H,22,26);1H. The summed E-state index contributed by atoms with van der Waals surface area (Å²) in [4.78, 5) is 38.3. The second kappa shape index (κ2) is 12.0. The fraction of sp³-hybridized carbons (Fsp3) is 0.526. The van der Waals surface area contributed by atoms with Crippen LogP contribution in [0.15, 0.2) is 24.3 Å². The highest BCUT2D eigenvalue weighted by molar-refractivity contribution is 6.38. The van der Waals surface area contributed by atoms with Crippen LogP contribution in [0, 0.1) is 0 Å². The number of quaternary nitrogens is 1. The molecule has 0 aromatic heterocycles. The zero-order chi connectivity index (χ0) is 18.9. The molecule has 1 aromatic carbocycles. The molecule has 0 saturated carbocycles. The predicted octanol–water partition coefficient (Wildman–Crippen LogP) is -1.68. The van der Waals surface area contributed by atoms with E-state index in [-0.39, 0.29) is 18.3 Å². The van der Waals surface area contributed by atoms with Gasteiger partial charge in [-0.05, 0) is 43.4 Å². The van der Waals surface area contributed by atoms with Gasteiger partial charge in [0.05, 0.1) is 6.54 Å². The Labute approximate surface area is 171 Å². The molecule has 1 heterocycles. The Hall–Kier alpha value is -1.63. The number of unbranched alkanes of at least 4 members (excludes halogenated alkanes) is 3. The summed E-state index contributed by atoms with van der Waals surface area (Å²) in [7, 11) is 0. The van der Waals surface area contributed by atoms with E-state index in [1.54, 1.807) is 12.1 Å². The van der Waals surface area contributed by atoms with E-state index in [1.165, 1.54) is 4.90 Å². The van der Waals surface area contributed by atoms with Crippen molar-refractivity contribution in [2.24, 2.45) is 0 Å². The number of hydrogen-bond acceptors (Lipinski definition) is 3. The Bertz CT molecular complexity index is 638. The van der Waals surface area contributed by atoms with Crippen LogP contribution in [-0.4, -0.2) is 41.6 Å². The molecule has 8 heteroatoms. The molecule has 1 saturated heterocycles. The van der Waals surface area contributed by atoms with Crippen molar-refractivity contribution in [3.63, 3.8) is 0 Å². The van der Waals surface area contributed by atoms with E-state index < -0.39 is 17.7 Å². The first-order valence-electron chi connectivity index (χ1n) is 9.18. The third-order valence-electron chi connectivity index (χ3n) is 4.58. The highest BCUT2D eigenvalue weighted by Crippen LogP contribution is 2.23. The molecule has 0 spiro atoms. The van der Waals surface area contributed by atoms with Crippen molar-refractivity contribution >= 4 is 29.2 Å². The monoisotopic (exact) mass is 415 g/mol. The number of halogens is 2. The van der Waals surface area contributed by atoms with Crippen LogP contribution in [0.1, 0.15) is 44.1 Å². The van der Waals surface area contributed by atoms with Gasteiger partial charge in [0.2, 0.25) is 11.7 Å². The van der Waals surface area contributed by atoms with Gasteiger partial charge in [-0.3, -0.25) is 14.4 Å². The van der Waals surface area contributed by atoms with Gasteiger partial charge in [-0.15, -0.1) is 0 Å². The second-order valence-electron chi connectivity index (χ2n) is 6.59. The molecule has 0 aliphatic carbocycles. The van der Waals surface area contributed by atoms with Gasteiger partial charge in [0.1, 0.15) is 6.04 Å². The summed E-state index contributed by atoms with van der Waals surface area (Å²) in [6, 6.07) is 6.46. The number of carbonyl (C=O) groups excluding carboxylic acids is 3. The average molecular weight is 416 g/mol. The quantitative estimate of drug-likeness (QED) is 0.353. The van der Waals surface area contributed by atoms with Crippen LogP contribution in [0.3, 0.4) is 0 Å². The first kappa shape index (κ1) is 23.4. The molecule has 2 rings (SSSR count). The van der Waals surface area contributed by atoms with Crippen LogP contribution in [0.5, 0.6) is 0 Å². The van der Waals surface area contributed by atoms with E-state index >= 15 is 0 Å². The molecule has 150 valence electrons. The Morgan fingerprint density at radius 2 is 1.81 bits per heavy atom. The van der Waals surface area contributed by atoms with Crippen LogP contribution >= 0.6 is 11.6 Å². The third kappa shape index (κ3) is 7.13. The van der Waals surface area contributed by atoms with Crippen LogP contribution in [0.2, 0.25) is 5.02 Å². The van der Waals surface area contributed by atoms with Crippen molar-refractivity contribution in [1.82, 2.24) is 10.2 Å². The lowest BCUT2D eigenvalue weighted by molar-refractivity contribution is -0.368. The number of rotatable bonds is 10. The molecule has 1 aliphatic rings. The summed E-state index contributed by atoms with van der Waals surface area (Å²) in [5.74, 6) is -1.22. The molecule has 1 aliphatic heterocycles. The summed E-state index contributed by atoms with van der Waals surface area (Å²) in [5.41, 5.74) is 4.68. The van der Waals surface area contributed by atoms with E-state index in [1.807, 2.05) is 12.1 Å². The number of carbonyl (C=O) groups is 3. The van der Waals surface area contributed by atoms with Crippen LogP contribution in [0.4, 0.5) is 0 Å². The third-order valence-corrected chi connectivity index (χ3v) is 4.84. The molecule has 1 unspecified atom stereocenters. The van der Waals surface area contributed by atoms with Crippen molar-refractivity contribution in [2.75, 3.05) is 13.1 Å². The minimum atomic E-state index is -0.677. The van der Waals surface area contributed by atoms with Gasteiger partial charge >= 0.3 is 0 Å². The molecular formula is C19H27Cl2N3O3. The molecule has 1 aromatic rings. The van der Waals surface area contributed by atoms with E-state index in [9.17, 15) is 14.4 Å². The van der Waals surface area contributed by atoms with Crippen molar-refractivity contribution in [3.8, 4) is 0 Å². The van der Waals surface area contributed by atoms with E-state index in [0.29, 0.717) is 31.0 Å². The molecule has 4 N–H and O–H groups in total. The molecule has 1 fully saturated rings. The maximum absolute atomic E-state index is 12.5. The predicted molar refractivity (Wildman–Crippen MR) is 99.3 cm³/mol. The Balaban J connectivity index is 0.00000364. The molecule has 0 radical (unpaired) electrons. The summed E-state index contributed by atoms with van der Waals surface area (Å²) in [5, 5.41) is 3.30. The zero-order valence-corrected chi connectivity index (χ0v) is 16.9. The molecule has 1 atom stereocenters. The van der Waals surface area contributed by atoms with Crippen molar-refractivity contribution < 1.29 is 32.5 Å². The maximum atomic E-state index is 12.5. The fourth-order valence-electron chi connectivity index (χ4n) is 3.09. The SMILES string of the molecule is [Cl-].[NH3+]CCCCCCNC(=O)C(=O)C1CCC(=O)N1Cc1ccc(Cl)cc1. The lowest BCUT2D eigenvalue weighted by atomic mass is 10.1. The van der Waals surface area contributed by atoms with E-state index in [0.717, 1.165) is 37.8 Å². The second-order valence-corrected chi connectivity index (χ2v) is 7.03. The van der Waals surface area contributed by atoms with E-state index in [4.69, 9.17) is 11.6 Å². The van der Waals surface area contributed by atoms with Gasteiger partial charge in [-0.25, -0.2) is 0 Å². The maximum Gasteiger partial charge on any atom is 0.289 e. The van der Waals surface area contributed by atoms with Gasteiger partial charge in [0.15, 0.2) is 0 Å². The molecule has 6 nitrogen and oxygen atoms in total. The smallest absolute Gasteiger partial charge is 0.289 e. The largest absolute Gasteiger partial charge is 1.00 e. The van der Waals surface area contributed by atoms with Crippen LogP contribution in [-0.2, 0) is 20.9 Å². The van der Waals surface area contributed by atoms with Gasteiger partial charge in [0.25, 0.3) is 5.91 Å². The Morgan fingerprint density at radius 3 is 2.48 bits per heavy atom. The number of nitrogens with one attached hydrogen (secondary N) is 1. The average Bonchev–Trinajstić information content (AvgIpc) is 2.99. The molecule has 27 heavy (non-hydrogen) atoms. The minimum absolute atomic E-state index is 0. The molecular weight excluding hydrogens is 389 g/mol. The number of Topliss-reactive ketones (excluding diaryl/α,β-unsaturated/α-hetero) is 1. The summed E-state index contributed by atoms with van der Waals surface area (Å²) in [6.45, 7) is 1.72. The Morgan fingerprint density at radius 1 is 1.15 bits per heavy atom. The number of benzene rings is 1. The zero-order valence-electron chi connectivity index (χ0n) is 15.4. The van der Waals surface area contributed by atoms with Gasteiger partial charge in [0, 0.05) is 24.5 Å². The van der Waals surface area contributed by atoms with Crippen molar-refractivity contribution in [3.05, 3.63) is 34.9 Å². The fourth-order valence-corrected chi connectivity index (χ4v) is 3.21. The first-order valence-corrected chi connectivity index (χ1v) is 9.56. The lowest BCUT2D eigenvalue weighted by Gasteiger charge is -2.23. The molecule has 2 amide bonds. The van der Waals surface area contributed by atoms with Crippen molar-refractivity contribution in [1.29, 1.82) is 0 Å². The molecule has 0 bridgehead atoms. The number of nitrogens with zero attached hydrogens (tertiary/aromatic N) is 1. The number of ketones is 1. The lowest BCUT2D eigenvalue weighted by Crippen LogP contribution is -3.00. The number of amides is 2. The van der Waals surface area contributed by atoms with Gasteiger partial charge < -0.3 is 28.4 Å². The Kier molecular flexibility index (Phi) is 10.4. The summed E-state index contributed by atoms with van der Waals surface area (Å²) in [6.07, 6.45) is 4.70. The van der Waals surface area contributed by atoms with Crippen LogP contribution in [0.25, 0.3) is 0 Å². The van der Waals surface area contributed by atoms with Gasteiger partial charge in [-0.2, -0.15) is 0 Å².